The van der Waals surface area contributed by atoms with Gasteiger partial charge in [0.2, 0.25) is 0 Å². The first-order valence-corrected chi connectivity index (χ1v) is 12.7. The number of benzene rings is 1. The molecule has 3 rings (SSSR count). The average molecular weight is 373 g/mol. The second-order valence-electron chi connectivity index (χ2n) is 7.99. The van der Waals surface area contributed by atoms with Gasteiger partial charge in [-0.3, -0.25) is 0 Å². The standard InChI is InChI=1S/C24H38NS/c1-2-3-4-5-6-7-8-9-10-13-18-25-21-24(26-19-14-15-20-26)22-16-11-12-17-23(22)25/h11-12,16-17,21H,2-10,13-15,18-20H2,1H3/q+1. The van der Waals surface area contributed by atoms with E-state index in [1.807, 2.05) is 0 Å². The van der Waals surface area contributed by atoms with E-state index in [2.05, 4.69) is 42.0 Å². The van der Waals surface area contributed by atoms with Crippen molar-refractivity contribution in [3.8, 4) is 0 Å². The van der Waals surface area contributed by atoms with Gasteiger partial charge < -0.3 is 4.57 Å². The van der Waals surface area contributed by atoms with Gasteiger partial charge in [-0.15, -0.1) is 0 Å². The number of aromatic nitrogens is 1. The van der Waals surface area contributed by atoms with Crippen molar-refractivity contribution in [1.29, 1.82) is 0 Å². The van der Waals surface area contributed by atoms with Crippen LogP contribution < -0.4 is 0 Å². The van der Waals surface area contributed by atoms with E-state index in [9.17, 15) is 0 Å². The zero-order valence-electron chi connectivity index (χ0n) is 16.8. The molecule has 0 spiro atoms. The monoisotopic (exact) mass is 372 g/mol. The molecule has 26 heavy (non-hydrogen) atoms. The van der Waals surface area contributed by atoms with Crippen LogP contribution in [0.3, 0.4) is 0 Å². The first-order valence-electron chi connectivity index (χ1n) is 11.2. The summed E-state index contributed by atoms with van der Waals surface area (Å²) >= 11 is 0. The highest BCUT2D eigenvalue weighted by Gasteiger charge is 2.30. The third-order valence-corrected chi connectivity index (χ3v) is 8.36. The third-order valence-electron chi connectivity index (χ3n) is 5.85. The number of fused-ring (bicyclic) bond motifs is 1. The molecular formula is C24H38NS+. The Bertz CT molecular complexity index is 639. The quantitative estimate of drug-likeness (QED) is 0.271. The van der Waals surface area contributed by atoms with E-state index in [0.29, 0.717) is 10.9 Å². The minimum atomic E-state index is 0.519. The van der Waals surface area contributed by atoms with E-state index < -0.39 is 0 Å². The number of para-hydroxylation sites is 1. The van der Waals surface area contributed by atoms with E-state index >= 15 is 0 Å². The van der Waals surface area contributed by atoms with Crippen LogP contribution >= 0.6 is 0 Å². The number of hydrogen-bond acceptors (Lipinski definition) is 0. The van der Waals surface area contributed by atoms with Crippen LogP contribution in [-0.4, -0.2) is 16.1 Å². The molecule has 2 heteroatoms. The van der Waals surface area contributed by atoms with Crippen molar-refractivity contribution in [3.63, 3.8) is 0 Å². The molecular weight excluding hydrogens is 334 g/mol. The van der Waals surface area contributed by atoms with Crippen molar-refractivity contribution in [2.75, 3.05) is 11.5 Å². The van der Waals surface area contributed by atoms with Crippen molar-refractivity contribution in [2.24, 2.45) is 0 Å². The van der Waals surface area contributed by atoms with Gasteiger partial charge in [-0.2, -0.15) is 0 Å². The summed E-state index contributed by atoms with van der Waals surface area (Å²) in [5, 5.41) is 1.53. The van der Waals surface area contributed by atoms with E-state index in [0.717, 1.165) is 0 Å². The maximum atomic E-state index is 2.56. The predicted octanol–water partition coefficient (Wildman–Crippen LogP) is 7.33. The Kier molecular flexibility index (Phi) is 8.45. The highest BCUT2D eigenvalue weighted by Crippen LogP contribution is 2.31. The Morgan fingerprint density at radius 1 is 0.808 bits per heavy atom. The van der Waals surface area contributed by atoms with Gasteiger partial charge in [-0.1, -0.05) is 76.8 Å². The van der Waals surface area contributed by atoms with Gasteiger partial charge in [0.05, 0.1) is 17.1 Å². The molecule has 0 bridgehead atoms. The normalized spacial score (nSPS) is 15.3. The lowest BCUT2D eigenvalue weighted by molar-refractivity contribution is 0.538. The first-order chi connectivity index (χ1) is 12.9. The zero-order valence-corrected chi connectivity index (χ0v) is 17.7. The fourth-order valence-corrected chi connectivity index (χ4v) is 6.78. The summed E-state index contributed by atoms with van der Waals surface area (Å²) in [7, 11) is 0.519. The van der Waals surface area contributed by atoms with Crippen LogP contribution in [0.25, 0.3) is 10.9 Å². The second-order valence-corrected chi connectivity index (χ2v) is 10.2. The van der Waals surface area contributed by atoms with Crippen LogP contribution in [0.1, 0.15) is 84.0 Å². The van der Waals surface area contributed by atoms with Gasteiger partial charge in [0.25, 0.3) is 0 Å². The molecule has 1 nitrogen and oxygen atoms in total. The number of hydrogen-bond donors (Lipinski definition) is 0. The van der Waals surface area contributed by atoms with Gasteiger partial charge in [-0.25, -0.2) is 0 Å². The molecule has 144 valence electrons. The van der Waals surface area contributed by atoms with Crippen molar-refractivity contribution in [3.05, 3.63) is 30.5 Å². The SMILES string of the molecule is CCCCCCCCCCCCn1cc([S+]2CCCC2)c2ccccc21. The van der Waals surface area contributed by atoms with Crippen LogP contribution in [0.15, 0.2) is 35.4 Å². The molecule has 1 fully saturated rings. The molecule has 0 N–H and O–H groups in total. The summed E-state index contributed by atoms with van der Waals surface area (Å²) < 4.78 is 2.56. The Morgan fingerprint density at radius 2 is 1.42 bits per heavy atom. The van der Waals surface area contributed by atoms with Crippen molar-refractivity contribution in [2.45, 2.75) is 95.4 Å². The zero-order chi connectivity index (χ0) is 18.0. The van der Waals surface area contributed by atoms with Gasteiger partial charge >= 0.3 is 0 Å². The molecule has 1 aromatic carbocycles. The maximum absolute atomic E-state index is 2.56. The highest BCUT2D eigenvalue weighted by molar-refractivity contribution is 7.97. The summed E-state index contributed by atoms with van der Waals surface area (Å²) in [6.07, 6.45) is 19.5. The van der Waals surface area contributed by atoms with E-state index in [4.69, 9.17) is 0 Å². The Hall–Kier alpha value is -0.890. The molecule has 2 aromatic rings. The summed E-state index contributed by atoms with van der Waals surface area (Å²) in [6, 6.07) is 9.11. The van der Waals surface area contributed by atoms with E-state index in [-0.39, 0.29) is 0 Å². The molecule has 0 atom stereocenters. The fraction of sp³-hybridized carbons (Fsp3) is 0.667. The lowest BCUT2D eigenvalue weighted by Gasteiger charge is -2.05. The summed E-state index contributed by atoms with van der Waals surface area (Å²) in [5.41, 5.74) is 1.47. The van der Waals surface area contributed by atoms with Crippen LogP contribution in [0.5, 0.6) is 0 Å². The van der Waals surface area contributed by atoms with Crippen LogP contribution in [0.2, 0.25) is 0 Å². The lowest BCUT2D eigenvalue weighted by Crippen LogP contribution is -2.03. The minimum Gasteiger partial charge on any atom is -0.343 e. The molecule has 0 amide bonds. The predicted molar refractivity (Wildman–Crippen MR) is 118 cm³/mol. The molecule has 1 aromatic heterocycles. The molecule has 0 aliphatic carbocycles. The van der Waals surface area contributed by atoms with Gasteiger partial charge in [0, 0.05) is 17.4 Å². The van der Waals surface area contributed by atoms with Crippen LogP contribution in [0.4, 0.5) is 0 Å². The van der Waals surface area contributed by atoms with Gasteiger partial charge in [0.15, 0.2) is 4.90 Å². The van der Waals surface area contributed by atoms with Crippen LogP contribution in [0, 0.1) is 0 Å². The first kappa shape index (κ1) is 19.9. The maximum Gasteiger partial charge on any atom is 0.180 e. The average Bonchev–Trinajstić information content (AvgIpc) is 3.31. The third kappa shape index (κ3) is 5.55. The largest absolute Gasteiger partial charge is 0.343 e. The molecule has 1 aliphatic rings. The number of nitrogens with zero attached hydrogens (tertiary/aromatic N) is 1. The van der Waals surface area contributed by atoms with E-state index in [1.165, 1.54) is 106 Å². The second kappa shape index (κ2) is 11.1. The van der Waals surface area contributed by atoms with Gasteiger partial charge in [-0.05, 0) is 31.4 Å². The molecule has 2 heterocycles. The molecule has 1 saturated heterocycles. The smallest absolute Gasteiger partial charge is 0.180 e. The molecule has 0 saturated carbocycles. The Labute approximate surface area is 163 Å². The minimum absolute atomic E-state index is 0.519. The Morgan fingerprint density at radius 3 is 2.12 bits per heavy atom. The summed E-state index contributed by atoms with van der Waals surface area (Å²) in [6.45, 7) is 3.50. The Balaban J connectivity index is 1.42. The molecule has 0 radical (unpaired) electrons. The molecule has 0 unspecified atom stereocenters. The van der Waals surface area contributed by atoms with Crippen molar-refractivity contribution < 1.29 is 0 Å². The fourth-order valence-electron chi connectivity index (χ4n) is 4.27. The van der Waals surface area contributed by atoms with Crippen LogP contribution in [-0.2, 0) is 17.4 Å². The lowest BCUT2D eigenvalue weighted by atomic mass is 10.1. The topological polar surface area (TPSA) is 4.93 Å². The van der Waals surface area contributed by atoms with Crippen molar-refractivity contribution >= 4 is 21.8 Å². The highest BCUT2D eigenvalue weighted by atomic mass is 32.2. The molecule has 1 aliphatic heterocycles. The summed E-state index contributed by atoms with van der Waals surface area (Å²) in [5.74, 6) is 2.85. The number of aryl methyl sites for hydroxylation is 1. The summed E-state index contributed by atoms with van der Waals surface area (Å²) in [4.78, 5) is 1.66. The number of rotatable bonds is 12. The number of unbranched alkanes of at least 4 members (excludes halogenated alkanes) is 9. The van der Waals surface area contributed by atoms with E-state index in [1.54, 1.807) is 4.90 Å². The van der Waals surface area contributed by atoms with Gasteiger partial charge in [0.1, 0.15) is 11.5 Å². The van der Waals surface area contributed by atoms with Crippen molar-refractivity contribution in [1.82, 2.24) is 4.57 Å².